The number of aromatic nitrogens is 8. The maximum absolute atomic E-state index is 13.3. The first kappa shape index (κ1) is 39.2. The highest BCUT2D eigenvalue weighted by atomic mass is 31.2. The number of aryl methyl sites for hydroxylation is 1. The molecule has 8 rings (SSSR count). The zero-order chi connectivity index (χ0) is 39.9. The van der Waals surface area contributed by atoms with E-state index in [1.807, 2.05) is 66.2 Å². The van der Waals surface area contributed by atoms with Gasteiger partial charge >= 0.3 is 7.59 Å². The third kappa shape index (κ3) is 7.83. The molecule has 0 bridgehead atoms. The maximum Gasteiger partial charge on any atom is 0.309 e. The van der Waals surface area contributed by atoms with E-state index in [1.165, 1.54) is 12.7 Å². The van der Waals surface area contributed by atoms with Crippen molar-refractivity contribution in [2.45, 2.75) is 36.9 Å². The topological polar surface area (TPSA) is 243 Å². The summed E-state index contributed by atoms with van der Waals surface area (Å²) in [5, 5.41) is 26.8. The van der Waals surface area contributed by atoms with E-state index in [0.29, 0.717) is 46.6 Å². The second-order valence-electron chi connectivity index (χ2n) is 14.2. The van der Waals surface area contributed by atoms with Gasteiger partial charge in [-0.25, -0.2) is 29.3 Å². The Balaban J connectivity index is 0.000000187. The lowest BCUT2D eigenvalue weighted by molar-refractivity contribution is -0.124. The first-order valence-electron chi connectivity index (χ1n) is 18.1. The number of nitrogens with two attached hydrogens (primary N) is 1. The van der Waals surface area contributed by atoms with E-state index in [9.17, 15) is 19.6 Å². The lowest BCUT2D eigenvalue weighted by atomic mass is 10.0. The Morgan fingerprint density at radius 3 is 2.34 bits per heavy atom. The third-order valence-corrected chi connectivity index (χ3v) is 12.5. The minimum absolute atomic E-state index is 0.295. The minimum Gasteiger partial charge on any atom is -0.497 e. The van der Waals surface area contributed by atoms with Crippen LogP contribution in [0.2, 0.25) is 0 Å². The number of hydrogen-bond acceptors (Lipinski definition) is 15. The van der Waals surface area contributed by atoms with Crippen LogP contribution in [0.5, 0.6) is 5.75 Å². The molecule has 0 unspecified atom stereocenters. The number of aliphatic hydroxyl groups is 2. The molecule has 21 nitrogen and oxygen atoms in total. The highest BCUT2D eigenvalue weighted by Gasteiger charge is 2.49. The fraction of sp³-hybridized carbons (Fsp3) is 0.500. The van der Waals surface area contributed by atoms with Crippen molar-refractivity contribution in [1.29, 1.82) is 0 Å². The number of imidazole rings is 2. The minimum atomic E-state index is -2.75. The molecular formula is C34H48N15O6P. The molecular weight excluding hydrogens is 745 g/mol. The molecule has 0 saturated carbocycles. The predicted molar refractivity (Wildman–Crippen MR) is 208 cm³/mol. The van der Waals surface area contributed by atoms with E-state index in [2.05, 4.69) is 40.3 Å². The maximum atomic E-state index is 13.3. The summed E-state index contributed by atoms with van der Waals surface area (Å²) < 4.78 is 31.7. The molecule has 3 aliphatic rings. The van der Waals surface area contributed by atoms with Crippen molar-refractivity contribution in [3.8, 4) is 5.75 Å². The largest absolute Gasteiger partial charge is 0.497 e. The third-order valence-electron chi connectivity index (χ3n) is 9.68. The molecule has 300 valence electrons. The quantitative estimate of drug-likeness (QED) is 0.0765. The van der Waals surface area contributed by atoms with Gasteiger partial charge in [0.25, 0.3) is 0 Å². The summed E-state index contributed by atoms with van der Waals surface area (Å²) in [6.45, 7) is 3.04. The van der Waals surface area contributed by atoms with Crippen molar-refractivity contribution < 1.29 is 29.0 Å². The zero-order valence-corrected chi connectivity index (χ0v) is 33.0. The number of aliphatic hydroxyl groups excluding tert-OH is 2. The number of ether oxygens (including phenoxy) is 2. The Bertz CT molecular complexity index is 2210. The summed E-state index contributed by atoms with van der Waals surface area (Å²) in [7, 11) is 8.15. The van der Waals surface area contributed by atoms with E-state index in [-0.39, 0.29) is 0 Å². The number of rotatable bonds is 13. The molecule has 1 aromatic carbocycles. The van der Waals surface area contributed by atoms with Crippen LogP contribution in [0.25, 0.3) is 22.3 Å². The molecule has 6 N–H and O–H groups in total. The Hall–Kier alpha value is -5.02. The van der Waals surface area contributed by atoms with Crippen LogP contribution >= 0.6 is 7.59 Å². The van der Waals surface area contributed by atoms with Gasteiger partial charge in [0, 0.05) is 61.4 Å². The number of hydrogen-bond donors (Lipinski definition) is 5. The SMILES string of the molecule is CN(C)c1nc(NP(=O)(N2CC2)N2CC2)c2c(ncn2C)n1.COc1ccc(C[C@H](N)C(=O)N[C@H]2[C@@H](O)[C@H](n3cnc4c(N(C)C)ncnc43)O[C@@H]2CO)cc1. The molecule has 5 aromatic rings. The monoisotopic (exact) mass is 793 g/mol. The van der Waals surface area contributed by atoms with Crippen LogP contribution in [-0.4, -0.2) is 157 Å². The molecule has 5 atom stereocenters. The highest BCUT2D eigenvalue weighted by molar-refractivity contribution is 7.61. The van der Waals surface area contributed by atoms with Gasteiger partial charge in [-0.15, -0.1) is 0 Å². The summed E-state index contributed by atoms with van der Waals surface area (Å²) >= 11 is 0. The van der Waals surface area contributed by atoms with Crippen molar-refractivity contribution in [3.63, 3.8) is 0 Å². The lowest BCUT2D eigenvalue weighted by Crippen LogP contribution is -2.53. The van der Waals surface area contributed by atoms with Crippen molar-refractivity contribution >= 4 is 53.4 Å². The number of fused-ring (bicyclic) bond motifs is 2. The lowest BCUT2D eigenvalue weighted by Gasteiger charge is -2.23. The van der Waals surface area contributed by atoms with Gasteiger partial charge in [0.1, 0.15) is 29.8 Å². The van der Waals surface area contributed by atoms with Crippen molar-refractivity contribution in [2.24, 2.45) is 12.8 Å². The fourth-order valence-corrected chi connectivity index (χ4v) is 8.79. The van der Waals surface area contributed by atoms with Crippen molar-refractivity contribution in [1.82, 2.24) is 53.7 Å². The molecule has 4 aromatic heterocycles. The van der Waals surface area contributed by atoms with E-state index in [1.54, 1.807) is 35.0 Å². The van der Waals surface area contributed by atoms with Crippen LogP contribution in [0.4, 0.5) is 17.6 Å². The Labute approximate surface area is 323 Å². The standard InChI is InChI=1S/C22H29N7O5.C12H19N8OP/c1-28(2)19-17-20(25-10-24-19)29(11-26-17)22-18(31)16(15(9-30)34-22)27-21(32)14(23)8-12-4-6-13(33-3)7-5-12;1-17(2)12-14-10-9(18(3)8-13-10)11(15-12)16-22(21,19-4-5-19)20-6-7-20/h4-7,10-11,14-16,18,22,30-31H,8-9,23H2,1-3H3,(H,27,32);8H,4-7H2,1-3H3,(H,14,15,16,21)/t14-,15+,16+,18+,22+;/m0./s1. The summed E-state index contributed by atoms with van der Waals surface area (Å²) in [5.74, 6) is 1.99. The average molecular weight is 794 g/mol. The Morgan fingerprint density at radius 2 is 1.73 bits per heavy atom. The van der Waals surface area contributed by atoms with E-state index in [4.69, 9.17) is 15.2 Å². The first-order valence-corrected chi connectivity index (χ1v) is 19.7. The molecule has 3 aliphatic heterocycles. The predicted octanol–water partition coefficient (Wildman–Crippen LogP) is -0.213. The number of carbonyl (C=O) groups excluding carboxylic acids is 1. The normalized spacial score (nSPS) is 21.4. The number of amides is 1. The molecule has 0 spiro atoms. The van der Waals surface area contributed by atoms with Crippen LogP contribution in [0, 0.1) is 0 Å². The van der Waals surface area contributed by atoms with Crippen LogP contribution < -0.4 is 30.7 Å². The second-order valence-corrected chi connectivity index (χ2v) is 16.6. The summed E-state index contributed by atoms with van der Waals surface area (Å²) in [4.78, 5) is 42.6. The molecule has 3 fully saturated rings. The molecule has 0 aliphatic carbocycles. The van der Waals surface area contributed by atoms with Gasteiger partial charge in [-0.2, -0.15) is 9.97 Å². The van der Waals surface area contributed by atoms with Gasteiger partial charge in [-0.05, 0) is 24.1 Å². The van der Waals surface area contributed by atoms with Crippen molar-refractivity contribution in [2.75, 3.05) is 83.0 Å². The molecule has 56 heavy (non-hydrogen) atoms. The van der Waals surface area contributed by atoms with Gasteiger partial charge in [0.05, 0.1) is 38.5 Å². The van der Waals surface area contributed by atoms with Gasteiger partial charge in [0.2, 0.25) is 11.9 Å². The molecule has 22 heteroatoms. The highest BCUT2D eigenvalue weighted by Crippen LogP contribution is 2.59. The number of carbonyl (C=O) groups is 1. The van der Waals surface area contributed by atoms with Crippen LogP contribution in [-0.2, 0) is 27.6 Å². The summed E-state index contributed by atoms with van der Waals surface area (Å²) in [6.07, 6.45) is 1.95. The summed E-state index contributed by atoms with van der Waals surface area (Å²) in [5.41, 5.74) is 9.36. The fourth-order valence-electron chi connectivity index (χ4n) is 6.45. The number of anilines is 3. The first-order chi connectivity index (χ1) is 26.8. The van der Waals surface area contributed by atoms with Crippen LogP contribution in [0.3, 0.4) is 0 Å². The van der Waals surface area contributed by atoms with Crippen molar-refractivity contribution in [3.05, 3.63) is 48.8 Å². The van der Waals surface area contributed by atoms with E-state index in [0.717, 1.165) is 37.3 Å². The number of methoxy groups -OCH3 is 1. The number of benzene rings is 1. The zero-order valence-electron chi connectivity index (χ0n) is 32.1. The molecule has 1 amide bonds. The molecule has 3 saturated heterocycles. The smallest absolute Gasteiger partial charge is 0.309 e. The summed E-state index contributed by atoms with van der Waals surface area (Å²) in [6, 6.07) is 5.52. The average Bonchev–Trinajstić information content (AvgIpc) is 4.12. The number of nitrogens with zero attached hydrogens (tertiary/aromatic N) is 12. The van der Waals surface area contributed by atoms with Gasteiger partial charge in [0.15, 0.2) is 34.7 Å². The van der Waals surface area contributed by atoms with Crippen LogP contribution in [0.1, 0.15) is 11.8 Å². The Morgan fingerprint density at radius 1 is 1.04 bits per heavy atom. The van der Waals surface area contributed by atoms with Crippen LogP contribution in [0.15, 0.2) is 43.2 Å². The van der Waals surface area contributed by atoms with E-state index < -0.39 is 50.6 Å². The van der Waals surface area contributed by atoms with Gasteiger partial charge < -0.3 is 45.1 Å². The second kappa shape index (κ2) is 15.8. The van der Waals surface area contributed by atoms with Gasteiger partial charge in [-0.3, -0.25) is 19.0 Å². The molecule has 0 radical (unpaired) electrons. The van der Waals surface area contributed by atoms with Gasteiger partial charge in [-0.1, -0.05) is 12.1 Å². The van der Waals surface area contributed by atoms with E-state index >= 15 is 0 Å². The molecule has 7 heterocycles. The Kier molecular flexibility index (Phi) is 11.1. The number of nitrogens with one attached hydrogen (secondary N) is 2.